The zero-order valence-electron chi connectivity index (χ0n) is 11.6. The van der Waals surface area contributed by atoms with E-state index in [-0.39, 0.29) is 6.04 Å². The van der Waals surface area contributed by atoms with E-state index in [2.05, 4.69) is 15.9 Å². The van der Waals surface area contributed by atoms with E-state index in [1.54, 1.807) is 7.11 Å². The molecule has 2 N–H and O–H groups in total. The van der Waals surface area contributed by atoms with Gasteiger partial charge in [0.15, 0.2) is 0 Å². The first-order valence-corrected chi connectivity index (χ1v) is 7.20. The van der Waals surface area contributed by atoms with E-state index < -0.39 is 0 Å². The van der Waals surface area contributed by atoms with Gasteiger partial charge < -0.3 is 15.2 Å². The highest BCUT2D eigenvalue weighted by Crippen LogP contribution is 2.32. The third-order valence-electron chi connectivity index (χ3n) is 2.92. The Morgan fingerprint density at radius 2 is 2.00 bits per heavy atom. The minimum absolute atomic E-state index is 0.00498. The molecule has 20 heavy (non-hydrogen) atoms. The van der Waals surface area contributed by atoms with Gasteiger partial charge in [0, 0.05) is 13.2 Å². The van der Waals surface area contributed by atoms with E-state index in [0.717, 1.165) is 27.1 Å². The van der Waals surface area contributed by atoms with Crippen LogP contribution in [0.3, 0.4) is 0 Å². The number of ether oxygens (including phenoxy) is 2. The highest BCUT2D eigenvalue weighted by molar-refractivity contribution is 9.10. The van der Waals surface area contributed by atoms with Crippen molar-refractivity contribution in [1.82, 2.24) is 0 Å². The lowest BCUT2D eigenvalue weighted by atomic mass is 10.1. The molecule has 0 heterocycles. The summed E-state index contributed by atoms with van der Waals surface area (Å²) in [4.78, 5) is 0. The van der Waals surface area contributed by atoms with Crippen LogP contribution in [0.25, 0.3) is 0 Å². The molecule has 0 saturated heterocycles. The molecule has 0 unspecified atom stereocenters. The molecule has 2 rings (SSSR count). The summed E-state index contributed by atoms with van der Waals surface area (Å²) in [5, 5.41) is 0. The smallest absolute Gasteiger partial charge is 0.141 e. The Morgan fingerprint density at radius 3 is 2.65 bits per heavy atom. The first-order chi connectivity index (χ1) is 9.60. The maximum absolute atomic E-state index is 5.89. The van der Waals surface area contributed by atoms with Crippen LogP contribution in [0, 0.1) is 0 Å². The highest BCUT2D eigenvalue weighted by Gasteiger charge is 2.07. The van der Waals surface area contributed by atoms with Gasteiger partial charge in [-0.15, -0.1) is 0 Å². The van der Waals surface area contributed by atoms with Gasteiger partial charge in [-0.2, -0.15) is 0 Å². The SMILES string of the molecule is COCc1cccc(Oc2ccc([C@H](C)N)cc2Br)c1. The van der Waals surface area contributed by atoms with Gasteiger partial charge in [0.2, 0.25) is 0 Å². The second kappa shape index (κ2) is 6.88. The number of hydrogen-bond acceptors (Lipinski definition) is 3. The first-order valence-electron chi connectivity index (χ1n) is 6.41. The highest BCUT2D eigenvalue weighted by atomic mass is 79.9. The predicted molar refractivity (Wildman–Crippen MR) is 84.0 cm³/mol. The summed E-state index contributed by atoms with van der Waals surface area (Å²) in [7, 11) is 1.68. The number of halogens is 1. The fraction of sp³-hybridized carbons (Fsp3) is 0.250. The molecule has 0 saturated carbocycles. The van der Waals surface area contributed by atoms with Gasteiger partial charge in [-0.05, 0) is 58.2 Å². The van der Waals surface area contributed by atoms with Crippen molar-refractivity contribution >= 4 is 15.9 Å². The molecule has 2 aromatic rings. The van der Waals surface area contributed by atoms with E-state index >= 15 is 0 Å². The largest absolute Gasteiger partial charge is 0.456 e. The normalized spacial score (nSPS) is 12.2. The Labute approximate surface area is 127 Å². The minimum Gasteiger partial charge on any atom is -0.456 e. The fourth-order valence-corrected chi connectivity index (χ4v) is 2.35. The van der Waals surface area contributed by atoms with Gasteiger partial charge in [-0.1, -0.05) is 18.2 Å². The van der Waals surface area contributed by atoms with Gasteiger partial charge in [0.05, 0.1) is 11.1 Å². The zero-order valence-corrected chi connectivity index (χ0v) is 13.2. The molecule has 0 amide bonds. The van der Waals surface area contributed by atoms with Crippen LogP contribution in [-0.4, -0.2) is 7.11 Å². The average Bonchev–Trinajstić information content (AvgIpc) is 2.42. The first kappa shape index (κ1) is 15.0. The third kappa shape index (κ3) is 3.82. The Morgan fingerprint density at radius 1 is 1.20 bits per heavy atom. The molecule has 0 radical (unpaired) electrons. The Balaban J connectivity index is 2.19. The van der Waals surface area contributed by atoms with Gasteiger partial charge in [-0.3, -0.25) is 0 Å². The Hall–Kier alpha value is -1.36. The Bertz CT molecular complexity index is 584. The van der Waals surface area contributed by atoms with Crippen LogP contribution in [0.5, 0.6) is 11.5 Å². The van der Waals surface area contributed by atoms with Crippen molar-refractivity contribution in [3.8, 4) is 11.5 Å². The zero-order chi connectivity index (χ0) is 14.5. The van der Waals surface area contributed by atoms with Crippen molar-refractivity contribution in [2.45, 2.75) is 19.6 Å². The molecular weight excluding hydrogens is 318 g/mol. The molecule has 0 fully saturated rings. The van der Waals surface area contributed by atoms with Crippen LogP contribution >= 0.6 is 15.9 Å². The van der Waals surface area contributed by atoms with Crippen molar-refractivity contribution in [3.05, 3.63) is 58.1 Å². The number of benzene rings is 2. The molecule has 1 atom stereocenters. The molecule has 106 valence electrons. The minimum atomic E-state index is 0.00498. The van der Waals surface area contributed by atoms with Crippen LogP contribution in [0.4, 0.5) is 0 Å². The number of methoxy groups -OCH3 is 1. The molecular formula is C16H18BrNO2. The molecule has 2 aromatic carbocycles. The number of nitrogens with two attached hydrogens (primary N) is 1. The Kier molecular flexibility index (Phi) is 5.17. The fourth-order valence-electron chi connectivity index (χ4n) is 1.88. The maximum Gasteiger partial charge on any atom is 0.141 e. The van der Waals surface area contributed by atoms with Crippen molar-refractivity contribution in [2.24, 2.45) is 5.73 Å². The van der Waals surface area contributed by atoms with Gasteiger partial charge in [0.1, 0.15) is 11.5 Å². The van der Waals surface area contributed by atoms with Crippen molar-refractivity contribution in [2.75, 3.05) is 7.11 Å². The van der Waals surface area contributed by atoms with E-state index in [0.29, 0.717) is 6.61 Å². The summed E-state index contributed by atoms with van der Waals surface area (Å²) >= 11 is 3.52. The molecule has 4 heteroatoms. The third-order valence-corrected chi connectivity index (χ3v) is 3.54. The second-order valence-corrected chi connectivity index (χ2v) is 5.52. The van der Waals surface area contributed by atoms with Crippen molar-refractivity contribution < 1.29 is 9.47 Å². The van der Waals surface area contributed by atoms with Crippen LogP contribution in [0.1, 0.15) is 24.1 Å². The topological polar surface area (TPSA) is 44.5 Å². The molecule has 0 aliphatic carbocycles. The summed E-state index contributed by atoms with van der Waals surface area (Å²) in [6, 6.07) is 13.7. The van der Waals surface area contributed by atoms with E-state index in [1.807, 2.05) is 49.4 Å². The molecule has 0 spiro atoms. The monoisotopic (exact) mass is 335 g/mol. The molecule has 0 aromatic heterocycles. The maximum atomic E-state index is 5.89. The summed E-state index contributed by atoms with van der Waals surface area (Å²) in [5.74, 6) is 1.55. The van der Waals surface area contributed by atoms with Gasteiger partial charge in [-0.25, -0.2) is 0 Å². The van der Waals surface area contributed by atoms with Crippen LogP contribution < -0.4 is 10.5 Å². The summed E-state index contributed by atoms with van der Waals surface area (Å²) in [5.41, 5.74) is 8.01. The van der Waals surface area contributed by atoms with E-state index in [4.69, 9.17) is 15.2 Å². The van der Waals surface area contributed by atoms with E-state index in [1.165, 1.54) is 0 Å². The average molecular weight is 336 g/mol. The standard InChI is InChI=1S/C16H18BrNO2/c1-11(18)13-6-7-16(15(17)9-13)20-14-5-3-4-12(8-14)10-19-2/h3-9,11H,10,18H2,1-2H3/t11-/m0/s1. The van der Waals surface area contributed by atoms with Crippen molar-refractivity contribution in [3.63, 3.8) is 0 Å². The number of rotatable bonds is 5. The van der Waals surface area contributed by atoms with Crippen LogP contribution in [0.2, 0.25) is 0 Å². The van der Waals surface area contributed by atoms with E-state index in [9.17, 15) is 0 Å². The lowest BCUT2D eigenvalue weighted by Gasteiger charge is -2.12. The van der Waals surface area contributed by atoms with Crippen molar-refractivity contribution in [1.29, 1.82) is 0 Å². The van der Waals surface area contributed by atoms with Gasteiger partial charge >= 0.3 is 0 Å². The lowest BCUT2D eigenvalue weighted by molar-refractivity contribution is 0.184. The summed E-state index contributed by atoms with van der Waals surface area (Å²) in [6.45, 7) is 2.53. The molecule has 0 aliphatic rings. The van der Waals surface area contributed by atoms with Gasteiger partial charge in [0.25, 0.3) is 0 Å². The summed E-state index contributed by atoms with van der Waals surface area (Å²) < 4.78 is 11.9. The number of hydrogen-bond donors (Lipinski definition) is 1. The molecule has 3 nitrogen and oxygen atoms in total. The van der Waals surface area contributed by atoms with Crippen LogP contribution in [0.15, 0.2) is 46.9 Å². The summed E-state index contributed by atoms with van der Waals surface area (Å²) in [6.07, 6.45) is 0. The second-order valence-electron chi connectivity index (χ2n) is 4.66. The van der Waals surface area contributed by atoms with Crippen LogP contribution in [-0.2, 0) is 11.3 Å². The quantitative estimate of drug-likeness (QED) is 0.880. The molecule has 0 aliphatic heterocycles. The molecule has 0 bridgehead atoms. The predicted octanol–water partition coefficient (Wildman–Crippen LogP) is 4.41. The lowest BCUT2D eigenvalue weighted by Crippen LogP contribution is -2.04.